The number of rotatable bonds is 4. The third-order valence-electron chi connectivity index (χ3n) is 2.85. The van der Waals surface area contributed by atoms with Gasteiger partial charge in [0.1, 0.15) is 5.69 Å². The molecule has 100 valence electrons. The number of nitrogens with zero attached hydrogens (tertiary/aromatic N) is 3. The van der Waals surface area contributed by atoms with Gasteiger partial charge in [0.2, 0.25) is 0 Å². The molecule has 0 radical (unpaired) electrons. The third kappa shape index (κ3) is 2.73. The molecule has 0 fully saturated rings. The van der Waals surface area contributed by atoms with Crippen LogP contribution < -0.4 is 5.32 Å². The van der Waals surface area contributed by atoms with Gasteiger partial charge in [0, 0.05) is 18.3 Å². The quantitative estimate of drug-likeness (QED) is 0.675. The van der Waals surface area contributed by atoms with Gasteiger partial charge in [0.25, 0.3) is 5.69 Å². The molecule has 2 rings (SSSR count). The van der Waals surface area contributed by atoms with Crippen LogP contribution in [0.5, 0.6) is 0 Å². The second-order valence-corrected chi connectivity index (χ2v) is 4.65. The minimum absolute atomic E-state index is 0.0669. The lowest BCUT2D eigenvalue weighted by Gasteiger charge is -2.08. The number of nitrogens with one attached hydrogen (secondary N) is 1. The summed E-state index contributed by atoms with van der Waals surface area (Å²) in [5.41, 5.74) is 2.14. The number of anilines is 2. The summed E-state index contributed by atoms with van der Waals surface area (Å²) in [5.74, 6) is 0. The highest BCUT2D eigenvalue weighted by atomic mass is 16.6. The maximum absolute atomic E-state index is 11.0. The first-order valence-electron chi connectivity index (χ1n) is 6.04. The molecule has 0 saturated heterocycles. The fraction of sp³-hybridized carbons (Fsp3) is 0.308. The molecule has 2 aromatic rings. The van der Waals surface area contributed by atoms with Crippen LogP contribution in [-0.2, 0) is 0 Å². The number of aryl methyl sites for hydroxylation is 1. The number of nitro groups is 1. The summed E-state index contributed by atoms with van der Waals surface area (Å²) in [6.45, 7) is 5.88. The van der Waals surface area contributed by atoms with Gasteiger partial charge in [-0.1, -0.05) is 12.1 Å². The van der Waals surface area contributed by atoms with Gasteiger partial charge in [-0.15, -0.1) is 0 Å². The van der Waals surface area contributed by atoms with Gasteiger partial charge in [0.15, 0.2) is 0 Å². The van der Waals surface area contributed by atoms with E-state index in [0.29, 0.717) is 5.69 Å². The Bertz CT molecular complexity index is 604. The van der Waals surface area contributed by atoms with Crippen molar-refractivity contribution in [1.29, 1.82) is 0 Å². The minimum Gasteiger partial charge on any atom is -0.347 e. The second-order valence-electron chi connectivity index (χ2n) is 4.65. The standard InChI is InChI=1S/C13H16N4O2/c1-9(2)16-8-11(7-14-16)15-13-10(3)5-4-6-12(13)17(18)19/h4-9,15H,1-3H3. The van der Waals surface area contributed by atoms with Gasteiger partial charge in [-0.05, 0) is 26.3 Å². The van der Waals surface area contributed by atoms with Crippen LogP contribution in [0, 0.1) is 17.0 Å². The first-order valence-corrected chi connectivity index (χ1v) is 6.04. The van der Waals surface area contributed by atoms with E-state index in [9.17, 15) is 10.1 Å². The maximum atomic E-state index is 11.0. The Morgan fingerprint density at radius 3 is 2.74 bits per heavy atom. The Hall–Kier alpha value is -2.37. The predicted molar refractivity (Wildman–Crippen MR) is 73.7 cm³/mol. The van der Waals surface area contributed by atoms with Crippen molar-refractivity contribution in [2.75, 3.05) is 5.32 Å². The van der Waals surface area contributed by atoms with E-state index in [1.807, 2.05) is 33.0 Å². The first kappa shape index (κ1) is 13.1. The van der Waals surface area contributed by atoms with Crippen molar-refractivity contribution < 1.29 is 4.92 Å². The SMILES string of the molecule is Cc1cccc([N+](=O)[O-])c1Nc1cnn(C(C)C)c1. The average Bonchev–Trinajstić information content (AvgIpc) is 2.80. The van der Waals surface area contributed by atoms with E-state index in [1.165, 1.54) is 6.07 Å². The molecule has 0 atom stereocenters. The Kier molecular flexibility index (Phi) is 3.50. The van der Waals surface area contributed by atoms with E-state index in [4.69, 9.17) is 0 Å². The molecule has 0 aliphatic rings. The summed E-state index contributed by atoms with van der Waals surface area (Å²) in [6.07, 6.45) is 3.50. The smallest absolute Gasteiger partial charge is 0.292 e. The number of benzene rings is 1. The molecule has 0 spiro atoms. The molecule has 19 heavy (non-hydrogen) atoms. The molecule has 1 N–H and O–H groups in total. The average molecular weight is 260 g/mol. The maximum Gasteiger partial charge on any atom is 0.292 e. The summed E-state index contributed by atoms with van der Waals surface area (Å²) >= 11 is 0. The number of hydrogen-bond acceptors (Lipinski definition) is 4. The van der Waals surface area contributed by atoms with Crippen molar-refractivity contribution in [3.8, 4) is 0 Å². The van der Waals surface area contributed by atoms with Crippen LogP contribution >= 0.6 is 0 Å². The van der Waals surface area contributed by atoms with Crippen LogP contribution in [-0.4, -0.2) is 14.7 Å². The predicted octanol–water partition coefficient (Wildman–Crippen LogP) is 3.42. The number of aromatic nitrogens is 2. The van der Waals surface area contributed by atoms with Gasteiger partial charge in [-0.25, -0.2) is 0 Å². The van der Waals surface area contributed by atoms with Crippen LogP contribution in [0.1, 0.15) is 25.5 Å². The Morgan fingerprint density at radius 2 is 2.16 bits per heavy atom. The van der Waals surface area contributed by atoms with Gasteiger partial charge < -0.3 is 5.32 Å². The van der Waals surface area contributed by atoms with Crippen molar-refractivity contribution in [3.63, 3.8) is 0 Å². The van der Waals surface area contributed by atoms with Gasteiger partial charge in [-0.2, -0.15) is 5.10 Å². The van der Waals surface area contributed by atoms with Crippen molar-refractivity contribution in [1.82, 2.24) is 9.78 Å². The van der Waals surface area contributed by atoms with E-state index in [2.05, 4.69) is 10.4 Å². The zero-order chi connectivity index (χ0) is 14.0. The molecule has 6 nitrogen and oxygen atoms in total. The molecule has 6 heteroatoms. The van der Waals surface area contributed by atoms with E-state index in [-0.39, 0.29) is 16.7 Å². The molecule has 1 aromatic heterocycles. The van der Waals surface area contributed by atoms with Gasteiger partial charge >= 0.3 is 0 Å². The fourth-order valence-electron chi connectivity index (χ4n) is 1.80. The van der Waals surface area contributed by atoms with E-state index < -0.39 is 0 Å². The topological polar surface area (TPSA) is 73.0 Å². The van der Waals surface area contributed by atoms with Crippen molar-refractivity contribution >= 4 is 17.1 Å². The Morgan fingerprint density at radius 1 is 1.42 bits per heavy atom. The van der Waals surface area contributed by atoms with Crippen LogP contribution in [0.15, 0.2) is 30.6 Å². The van der Waals surface area contributed by atoms with E-state index >= 15 is 0 Å². The van der Waals surface area contributed by atoms with Crippen LogP contribution in [0.25, 0.3) is 0 Å². The number of nitro benzene ring substituents is 1. The molecular formula is C13H16N4O2. The summed E-state index contributed by atoms with van der Waals surface area (Å²) < 4.78 is 1.80. The molecule has 0 unspecified atom stereocenters. The summed E-state index contributed by atoms with van der Waals surface area (Å²) in [6, 6.07) is 5.25. The van der Waals surface area contributed by atoms with Crippen LogP contribution in [0.3, 0.4) is 0 Å². The molecule has 0 saturated carbocycles. The molecule has 0 aliphatic carbocycles. The van der Waals surface area contributed by atoms with Gasteiger partial charge in [-0.3, -0.25) is 14.8 Å². The van der Waals surface area contributed by atoms with Gasteiger partial charge in [0.05, 0.1) is 16.8 Å². The summed E-state index contributed by atoms with van der Waals surface area (Å²) in [7, 11) is 0. The van der Waals surface area contributed by atoms with Crippen LogP contribution in [0.2, 0.25) is 0 Å². The van der Waals surface area contributed by atoms with E-state index in [1.54, 1.807) is 16.9 Å². The summed E-state index contributed by atoms with van der Waals surface area (Å²) in [5, 5.41) is 18.3. The minimum atomic E-state index is -0.387. The molecule has 0 bridgehead atoms. The highest BCUT2D eigenvalue weighted by molar-refractivity contribution is 5.72. The lowest BCUT2D eigenvalue weighted by Crippen LogP contribution is -2.00. The second kappa shape index (κ2) is 5.09. The lowest BCUT2D eigenvalue weighted by molar-refractivity contribution is -0.383. The zero-order valence-corrected chi connectivity index (χ0v) is 11.1. The third-order valence-corrected chi connectivity index (χ3v) is 2.85. The number of hydrogen-bond donors (Lipinski definition) is 1. The van der Waals surface area contributed by atoms with Crippen LogP contribution in [0.4, 0.5) is 17.1 Å². The van der Waals surface area contributed by atoms with Crippen molar-refractivity contribution in [2.45, 2.75) is 26.8 Å². The monoisotopic (exact) mass is 260 g/mol. The molecule has 0 amide bonds. The Labute approximate surface area is 111 Å². The zero-order valence-electron chi connectivity index (χ0n) is 11.1. The number of para-hydroxylation sites is 1. The Balaban J connectivity index is 2.34. The normalized spacial score (nSPS) is 10.7. The highest BCUT2D eigenvalue weighted by Gasteiger charge is 2.16. The lowest BCUT2D eigenvalue weighted by atomic mass is 10.1. The largest absolute Gasteiger partial charge is 0.347 e. The van der Waals surface area contributed by atoms with E-state index in [0.717, 1.165) is 11.3 Å². The summed E-state index contributed by atoms with van der Waals surface area (Å²) in [4.78, 5) is 10.6. The van der Waals surface area contributed by atoms with Crippen molar-refractivity contribution in [3.05, 3.63) is 46.3 Å². The first-order chi connectivity index (χ1) is 8.99. The van der Waals surface area contributed by atoms with Crippen molar-refractivity contribution in [2.24, 2.45) is 0 Å². The highest BCUT2D eigenvalue weighted by Crippen LogP contribution is 2.30. The fourth-order valence-corrected chi connectivity index (χ4v) is 1.80. The molecule has 1 aromatic carbocycles. The molecular weight excluding hydrogens is 244 g/mol. The molecule has 1 heterocycles. The molecule has 0 aliphatic heterocycles.